The molecule has 0 bridgehead atoms. The number of rotatable bonds is 12. The number of carbonyl (C=O) groups excluding carboxylic acids is 2. The highest BCUT2D eigenvalue weighted by Gasteiger charge is 2.31. The van der Waals surface area contributed by atoms with E-state index in [2.05, 4.69) is 5.32 Å². The number of nitrogens with zero attached hydrogens (tertiary/aromatic N) is 2. The van der Waals surface area contributed by atoms with Crippen LogP contribution in [0.1, 0.15) is 32.8 Å². The zero-order valence-electron chi connectivity index (χ0n) is 20.5. The number of ether oxygens (including phenoxy) is 1. The van der Waals surface area contributed by atoms with Gasteiger partial charge in [-0.2, -0.15) is 0 Å². The van der Waals surface area contributed by atoms with Crippen molar-refractivity contribution in [2.24, 2.45) is 5.92 Å². The Balaban J connectivity index is 2.38. The number of hydrogen-bond acceptors (Lipinski definition) is 5. The third-order valence-electron chi connectivity index (χ3n) is 5.31. The summed E-state index contributed by atoms with van der Waals surface area (Å²) in [6.45, 7) is 6.05. The van der Waals surface area contributed by atoms with Gasteiger partial charge in [-0.3, -0.25) is 13.9 Å². The predicted octanol–water partition coefficient (Wildman–Crippen LogP) is 3.04. The molecule has 0 aliphatic rings. The zero-order chi connectivity index (χ0) is 25.3. The average molecular weight is 490 g/mol. The SMILES string of the molecule is CC[C@H](C(=O)NCC(C)C)N(Cc1ccc(OC)cc1)C(=O)CN(c1ccccc1)S(C)(=O)=O. The van der Waals surface area contributed by atoms with Gasteiger partial charge in [-0.1, -0.05) is 51.1 Å². The third kappa shape index (κ3) is 7.76. The predicted molar refractivity (Wildman–Crippen MR) is 134 cm³/mol. The van der Waals surface area contributed by atoms with Crippen LogP contribution in [0.3, 0.4) is 0 Å². The molecular formula is C25H35N3O5S. The summed E-state index contributed by atoms with van der Waals surface area (Å²) in [6, 6.07) is 14.9. The van der Waals surface area contributed by atoms with Gasteiger partial charge in [0, 0.05) is 13.1 Å². The van der Waals surface area contributed by atoms with Gasteiger partial charge in [-0.25, -0.2) is 8.42 Å². The molecule has 34 heavy (non-hydrogen) atoms. The molecule has 1 atom stereocenters. The summed E-state index contributed by atoms with van der Waals surface area (Å²) in [6.07, 6.45) is 1.45. The van der Waals surface area contributed by atoms with Crippen LogP contribution in [0.25, 0.3) is 0 Å². The maximum Gasteiger partial charge on any atom is 0.244 e. The first kappa shape index (κ1) is 27.2. The number of methoxy groups -OCH3 is 1. The summed E-state index contributed by atoms with van der Waals surface area (Å²) >= 11 is 0. The number of hydrogen-bond donors (Lipinski definition) is 1. The van der Waals surface area contributed by atoms with E-state index in [1.807, 2.05) is 32.9 Å². The van der Waals surface area contributed by atoms with E-state index >= 15 is 0 Å². The molecule has 2 amide bonds. The molecule has 2 rings (SSSR count). The summed E-state index contributed by atoms with van der Waals surface area (Å²) in [5.74, 6) is 0.210. The summed E-state index contributed by atoms with van der Waals surface area (Å²) in [5, 5.41) is 2.90. The Hall–Kier alpha value is -3.07. The highest BCUT2D eigenvalue weighted by Crippen LogP contribution is 2.20. The Morgan fingerprint density at radius 2 is 1.65 bits per heavy atom. The second kappa shape index (κ2) is 12.4. The summed E-state index contributed by atoms with van der Waals surface area (Å²) < 4.78 is 31.3. The minimum Gasteiger partial charge on any atom is -0.497 e. The van der Waals surface area contributed by atoms with Gasteiger partial charge in [0.05, 0.1) is 19.1 Å². The van der Waals surface area contributed by atoms with Crippen LogP contribution in [0.4, 0.5) is 5.69 Å². The molecule has 2 aromatic rings. The van der Waals surface area contributed by atoms with Crippen molar-refractivity contribution >= 4 is 27.5 Å². The fraction of sp³-hybridized carbons (Fsp3) is 0.440. The van der Waals surface area contributed by atoms with Crippen molar-refractivity contribution in [2.75, 3.05) is 30.8 Å². The van der Waals surface area contributed by atoms with Gasteiger partial charge in [-0.15, -0.1) is 0 Å². The molecule has 0 fully saturated rings. The minimum atomic E-state index is -3.73. The smallest absolute Gasteiger partial charge is 0.244 e. The molecule has 0 spiro atoms. The van der Waals surface area contributed by atoms with E-state index in [0.29, 0.717) is 24.4 Å². The number of benzene rings is 2. The van der Waals surface area contributed by atoms with Crippen molar-refractivity contribution < 1.29 is 22.7 Å². The van der Waals surface area contributed by atoms with E-state index in [1.165, 1.54) is 4.90 Å². The molecule has 0 radical (unpaired) electrons. The molecule has 9 heteroatoms. The fourth-order valence-electron chi connectivity index (χ4n) is 3.48. The average Bonchev–Trinajstić information content (AvgIpc) is 2.81. The maximum absolute atomic E-state index is 13.6. The second-order valence-electron chi connectivity index (χ2n) is 8.54. The largest absolute Gasteiger partial charge is 0.497 e. The summed E-state index contributed by atoms with van der Waals surface area (Å²) in [4.78, 5) is 28.0. The second-order valence-corrected chi connectivity index (χ2v) is 10.4. The Morgan fingerprint density at radius 3 is 2.15 bits per heavy atom. The van der Waals surface area contributed by atoms with Crippen LogP contribution < -0.4 is 14.4 Å². The van der Waals surface area contributed by atoms with Crippen molar-refractivity contribution in [1.82, 2.24) is 10.2 Å². The van der Waals surface area contributed by atoms with Crippen LogP contribution in [-0.2, 0) is 26.2 Å². The van der Waals surface area contributed by atoms with Crippen molar-refractivity contribution in [3.63, 3.8) is 0 Å². The molecule has 0 heterocycles. The lowest BCUT2D eigenvalue weighted by Crippen LogP contribution is -2.52. The van der Waals surface area contributed by atoms with Gasteiger partial charge < -0.3 is 15.0 Å². The molecule has 186 valence electrons. The zero-order valence-corrected chi connectivity index (χ0v) is 21.3. The fourth-order valence-corrected chi connectivity index (χ4v) is 4.33. The van der Waals surface area contributed by atoms with Crippen LogP contribution in [0.2, 0.25) is 0 Å². The number of amides is 2. The van der Waals surface area contributed by atoms with Crippen molar-refractivity contribution in [1.29, 1.82) is 0 Å². The van der Waals surface area contributed by atoms with Crippen molar-refractivity contribution in [3.05, 3.63) is 60.2 Å². The molecule has 1 N–H and O–H groups in total. The number of carbonyl (C=O) groups is 2. The van der Waals surface area contributed by atoms with Gasteiger partial charge in [0.2, 0.25) is 21.8 Å². The van der Waals surface area contributed by atoms with E-state index < -0.39 is 28.5 Å². The van der Waals surface area contributed by atoms with Gasteiger partial charge >= 0.3 is 0 Å². The first-order valence-corrected chi connectivity index (χ1v) is 13.1. The summed E-state index contributed by atoms with van der Waals surface area (Å²) in [7, 11) is -2.16. The van der Waals surface area contributed by atoms with Gasteiger partial charge in [0.15, 0.2) is 0 Å². The molecule has 8 nitrogen and oxygen atoms in total. The third-order valence-corrected chi connectivity index (χ3v) is 6.45. The molecule has 0 saturated heterocycles. The van der Waals surface area contributed by atoms with Crippen LogP contribution in [0.5, 0.6) is 5.75 Å². The van der Waals surface area contributed by atoms with E-state index in [1.54, 1.807) is 49.6 Å². The highest BCUT2D eigenvalue weighted by molar-refractivity contribution is 7.92. The number of sulfonamides is 1. The standard InChI is InChI=1S/C25H35N3O5S/c1-6-23(25(30)26-16-19(2)3)27(17-20-12-14-22(33-4)15-13-20)24(29)18-28(34(5,31)32)21-10-8-7-9-11-21/h7-15,19,23H,6,16-18H2,1-5H3,(H,26,30)/t23-/m1/s1. The number of anilines is 1. The van der Waals surface area contributed by atoms with E-state index in [-0.39, 0.29) is 18.4 Å². The maximum atomic E-state index is 13.6. The molecular weight excluding hydrogens is 454 g/mol. The van der Waals surface area contributed by atoms with Crippen LogP contribution >= 0.6 is 0 Å². The molecule has 0 unspecified atom stereocenters. The first-order valence-electron chi connectivity index (χ1n) is 11.3. The van der Waals surface area contributed by atoms with Gasteiger partial charge in [-0.05, 0) is 42.2 Å². The Bertz CT molecular complexity index is 1040. The quantitative estimate of drug-likeness (QED) is 0.494. The van der Waals surface area contributed by atoms with Crippen LogP contribution in [0, 0.1) is 5.92 Å². The molecule has 0 aliphatic heterocycles. The van der Waals surface area contributed by atoms with E-state index in [9.17, 15) is 18.0 Å². The molecule has 0 aromatic heterocycles. The monoisotopic (exact) mass is 489 g/mol. The van der Waals surface area contributed by atoms with Gasteiger partial charge in [0.25, 0.3) is 0 Å². The molecule has 0 saturated carbocycles. The minimum absolute atomic E-state index is 0.156. The lowest BCUT2D eigenvalue weighted by Gasteiger charge is -2.33. The Kier molecular flexibility index (Phi) is 9.92. The lowest BCUT2D eigenvalue weighted by molar-refractivity contribution is -0.140. The normalized spacial score (nSPS) is 12.2. The van der Waals surface area contributed by atoms with Crippen molar-refractivity contribution in [2.45, 2.75) is 39.8 Å². The molecule has 0 aliphatic carbocycles. The number of para-hydroxylation sites is 1. The Morgan fingerprint density at radius 1 is 1.03 bits per heavy atom. The summed E-state index contributed by atoms with van der Waals surface area (Å²) in [5.41, 5.74) is 1.19. The van der Waals surface area contributed by atoms with Crippen LogP contribution in [-0.4, -0.2) is 57.6 Å². The van der Waals surface area contributed by atoms with E-state index in [4.69, 9.17) is 4.74 Å². The van der Waals surface area contributed by atoms with Crippen LogP contribution in [0.15, 0.2) is 54.6 Å². The topological polar surface area (TPSA) is 96.0 Å². The van der Waals surface area contributed by atoms with Crippen molar-refractivity contribution in [3.8, 4) is 5.75 Å². The van der Waals surface area contributed by atoms with Gasteiger partial charge in [0.1, 0.15) is 18.3 Å². The Labute approximate surface area is 202 Å². The molecule has 2 aromatic carbocycles. The first-order chi connectivity index (χ1) is 16.1. The highest BCUT2D eigenvalue weighted by atomic mass is 32.2. The van der Waals surface area contributed by atoms with E-state index in [0.717, 1.165) is 16.1 Å². The number of nitrogens with one attached hydrogen (secondary N) is 1. The lowest BCUT2D eigenvalue weighted by atomic mass is 10.1.